The van der Waals surface area contributed by atoms with Gasteiger partial charge in [0.1, 0.15) is 6.61 Å². The molecule has 27 heavy (non-hydrogen) atoms. The van der Waals surface area contributed by atoms with Crippen LogP contribution in [-0.4, -0.2) is 74.6 Å². The first-order valence-corrected chi connectivity index (χ1v) is 9.43. The van der Waals surface area contributed by atoms with E-state index >= 15 is 0 Å². The fourth-order valence-corrected chi connectivity index (χ4v) is 3.81. The van der Waals surface area contributed by atoms with Crippen LogP contribution in [0.5, 0.6) is 0 Å². The zero-order valence-corrected chi connectivity index (χ0v) is 15.8. The van der Waals surface area contributed by atoms with Gasteiger partial charge in [-0.05, 0) is 37.1 Å². The Morgan fingerprint density at radius 2 is 1.81 bits per heavy atom. The van der Waals surface area contributed by atoms with Crippen LogP contribution in [0.1, 0.15) is 18.4 Å². The summed E-state index contributed by atoms with van der Waals surface area (Å²) in [5.74, 6) is 0.00560. The average molecular weight is 370 g/mol. The number of amides is 2. The van der Waals surface area contributed by atoms with E-state index in [1.807, 2.05) is 29.2 Å². The lowest BCUT2D eigenvalue weighted by molar-refractivity contribution is -0.142. The number of anilines is 1. The van der Waals surface area contributed by atoms with Gasteiger partial charge in [-0.1, -0.05) is 0 Å². The van der Waals surface area contributed by atoms with Crippen molar-refractivity contribution < 1.29 is 14.3 Å². The molecule has 1 aromatic rings. The first-order valence-electron chi connectivity index (χ1n) is 9.43. The molecule has 144 valence electrons. The maximum absolute atomic E-state index is 12.9. The van der Waals surface area contributed by atoms with Gasteiger partial charge in [-0.25, -0.2) is 0 Å². The summed E-state index contributed by atoms with van der Waals surface area (Å²) in [6.07, 6.45) is 1.70. The summed E-state index contributed by atoms with van der Waals surface area (Å²) in [6, 6.07) is 9.68. The number of hydrogen-bond donors (Lipinski definition) is 0. The molecular weight excluding hydrogens is 344 g/mol. The summed E-state index contributed by atoms with van der Waals surface area (Å²) in [5, 5.41) is 8.90. The van der Waals surface area contributed by atoms with Gasteiger partial charge in [-0.2, -0.15) is 5.26 Å². The molecule has 2 fully saturated rings. The summed E-state index contributed by atoms with van der Waals surface area (Å²) >= 11 is 0. The minimum absolute atomic E-state index is 0.0411. The predicted octanol–water partition coefficient (Wildman–Crippen LogP) is 1.09. The number of nitriles is 1. The molecule has 1 atom stereocenters. The predicted molar refractivity (Wildman–Crippen MR) is 101 cm³/mol. The smallest absolute Gasteiger partial charge is 0.248 e. The first-order chi connectivity index (χ1) is 13.1. The maximum Gasteiger partial charge on any atom is 0.248 e. The molecule has 7 nitrogen and oxygen atoms in total. The van der Waals surface area contributed by atoms with Crippen molar-refractivity contribution >= 4 is 17.5 Å². The Balaban J connectivity index is 1.53. The lowest BCUT2D eigenvalue weighted by Crippen LogP contribution is -2.53. The van der Waals surface area contributed by atoms with Gasteiger partial charge in [0, 0.05) is 52.1 Å². The topological polar surface area (TPSA) is 76.9 Å². The van der Waals surface area contributed by atoms with Gasteiger partial charge in [0.2, 0.25) is 11.8 Å². The number of nitrogens with zero attached hydrogens (tertiary/aromatic N) is 4. The molecule has 0 radical (unpaired) electrons. The Morgan fingerprint density at radius 3 is 2.44 bits per heavy atom. The Kier molecular flexibility index (Phi) is 6.30. The van der Waals surface area contributed by atoms with Crippen LogP contribution in [0.2, 0.25) is 0 Å². The molecule has 2 amide bonds. The number of rotatable bonds is 4. The van der Waals surface area contributed by atoms with E-state index in [1.54, 1.807) is 4.90 Å². The molecule has 2 aliphatic rings. The Bertz CT molecular complexity index is 705. The maximum atomic E-state index is 12.9. The highest BCUT2D eigenvalue weighted by Crippen LogP contribution is 2.22. The van der Waals surface area contributed by atoms with E-state index in [9.17, 15) is 9.59 Å². The van der Waals surface area contributed by atoms with Crippen molar-refractivity contribution in [3.05, 3.63) is 29.8 Å². The molecule has 1 aromatic carbocycles. The number of methoxy groups -OCH3 is 1. The van der Waals surface area contributed by atoms with Crippen LogP contribution in [0.3, 0.4) is 0 Å². The van der Waals surface area contributed by atoms with Crippen LogP contribution >= 0.6 is 0 Å². The van der Waals surface area contributed by atoms with Crippen LogP contribution < -0.4 is 4.90 Å². The molecule has 0 bridgehead atoms. The number of ether oxygens (including phenoxy) is 1. The second kappa shape index (κ2) is 8.87. The van der Waals surface area contributed by atoms with E-state index in [0.717, 1.165) is 31.6 Å². The van der Waals surface area contributed by atoms with Crippen molar-refractivity contribution in [1.82, 2.24) is 9.80 Å². The highest BCUT2D eigenvalue weighted by molar-refractivity contribution is 5.82. The molecule has 0 N–H and O–H groups in total. The molecule has 0 spiro atoms. The third-order valence-electron chi connectivity index (χ3n) is 5.34. The molecule has 0 saturated carbocycles. The summed E-state index contributed by atoms with van der Waals surface area (Å²) in [4.78, 5) is 30.9. The van der Waals surface area contributed by atoms with Crippen molar-refractivity contribution in [2.45, 2.75) is 12.8 Å². The second-order valence-corrected chi connectivity index (χ2v) is 7.08. The first kappa shape index (κ1) is 19.2. The molecule has 2 saturated heterocycles. The van der Waals surface area contributed by atoms with Gasteiger partial charge in [0.15, 0.2) is 0 Å². The minimum Gasteiger partial charge on any atom is -0.375 e. The third-order valence-corrected chi connectivity index (χ3v) is 5.34. The number of hydrogen-bond acceptors (Lipinski definition) is 5. The van der Waals surface area contributed by atoms with Gasteiger partial charge in [-0.3, -0.25) is 9.59 Å². The van der Waals surface area contributed by atoms with Crippen LogP contribution in [0.15, 0.2) is 24.3 Å². The second-order valence-electron chi connectivity index (χ2n) is 7.08. The Labute approximate surface area is 160 Å². The van der Waals surface area contributed by atoms with E-state index < -0.39 is 0 Å². The van der Waals surface area contributed by atoms with E-state index in [2.05, 4.69) is 11.0 Å². The highest BCUT2D eigenvalue weighted by Gasteiger charge is 2.32. The summed E-state index contributed by atoms with van der Waals surface area (Å²) in [7, 11) is 1.51. The van der Waals surface area contributed by atoms with Gasteiger partial charge in [-0.15, -0.1) is 0 Å². The average Bonchev–Trinajstić information content (AvgIpc) is 2.73. The lowest BCUT2D eigenvalue weighted by Gasteiger charge is -2.39. The van der Waals surface area contributed by atoms with Crippen LogP contribution in [0.4, 0.5) is 5.69 Å². The minimum atomic E-state index is -0.110. The summed E-state index contributed by atoms with van der Waals surface area (Å²) in [6.45, 7) is 4.19. The molecule has 0 aliphatic carbocycles. The molecule has 2 aliphatic heterocycles. The molecular formula is C20H26N4O3. The third kappa shape index (κ3) is 4.58. The van der Waals surface area contributed by atoms with E-state index in [1.165, 1.54) is 7.11 Å². The fraction of sp³-hybridized carbons (Fsp3) is 0.550. The normalized spacial score (nSPS) is 20.3. The van der Waals surface area contributed by atoms with E-state index in [0.29, 0.717) is 31.7 Å². The van der Waals surface area contributed by atoms with Crippen LogP contribution in [-0.2, 0) is 14.3 Å². The van der Waals surface area contributed by atoms with Gasteiger partial charge >= 0.3 is 0 Å². The summed E-state index contributed by atoms with van der Waals surface area (Å²) < 4.78 is 4.93. The number of piperazine rings is 1. The van der Waals surface area contributed by atoms with Gasteiger partial charge in [0.05, 0.1) is 17.6 Å². The van der Waals surface area contributed by atoms with Crippen molar-refractivity contribution in [1.29, 1.82) is 5.26 Å². The van der Waals surface area contributed by atoms with Crippen molar-refractivity contribution in [3.63, 3.8) is 0 Å². The largest absolute Gasteiger partial charge is 0.375 e. The number of carbonyl (C=O) groups excluding carboxylic acids is 2. The van der Waals surface area contributed by atoms with Crippen molar-refractivity contribution in [2.75, 3.05) is 57.9 Å². The number of carbonyl (C=O) groups is 2. The fourth-order valence-electron chi connectivity index (χ4n) is 3.81. The quantitative estimate of drug-likeness (QED) is 0.793. The van der Waals surface area contributed by atoms with Crippen LogP contribution in [0.25, 0.3) is 0 Å². The van der Waals surface area contributed by atoms with E-state index in [-0.39, 0.29) is 24.3 Å². The Morgan fingerprint density at radius 1 is 1.11 bits per heavy atom. The Hall–Kier alpha value is -2.59. The van der Waals surface area contributed by atoms with Gasteiger partial charge in [0.25, 0.3) is 0 Å². The molecule has 2 heterocycles. The number of likely N-dealkylation sites (tertiary alicyclic amines) is 1. The van der Waals surface area contributed by atoms with Crippen molar-refractivity contribution in [3.8, 4) is 6.07 Å². The SMILES string of the molecule is COCC(=O)N1CCC[C@H](C(=O)N2CCN(c3ccc(C#N)cc3)CC2)C1. The number of benzene rings is 1. The monoisotopic (exact) mass is 370 g/mol. The highest BCUT2D eigenvalue weighted by atomic mass is 16.5. The van der Waals surface area contributed by atoms with E-state index in [4.69, 9.17) is 10.00 Å². The zero-order chi connectivity index (χ0) is 19.2. The molecule has 0 aromatic heterocycles. The number of piperidine rings is 1. The molecule has 7 heteroatoms. The molecule has 0 unspecified atom stereocenters. The summed E-state index contributed by atoms with van der Waals surface area (Å²) in [5.41, 5.74) is 1.73. The lowest BCUT2D eigenvalue weighted by atomic mass is 9.96. The molecule has 3 rings (SSSR count). The van der Waals surface area contributed by atoms with Gasteiger partial charge < -0.3 is 19.4 Å². The van der Waals surface area contributed by atoms with Crippen molar-refractivity contribution in [2.24, 2.45) is 5.92 Å². The van der Waals surface area contributed by atoms with Crippen LogP contribution in [0, 0.1) is 17.2 Å². The standard InChI is InChI=1S/C20H26N4O3/c1-27-15-19(25)24-8-2-3-17(14-24)20(26)23-11-9-22(10-12-23)18-6-4-16(13-21)5-7-18/h4-7,17H,2-3,8-12,14-15H2,1H3/t17-/m0/s1. The zero-order valence-electron chi connectivity index (χ0n) is 15.8.